The van der Waals surface area contributed by atoms with Crippen molar-refractivity contribution in [3.63, 3.8) is 0 Å². The van der Waals surface area contributed by atoms with Gasteiger partial charge in [-0.2, -0.15) is 0 Å². The molecule has 0 radical (unpaired) electrons. The summed E-state index contributed by atoms with van der Waals surface area (Å²) in [7, 11) is 0. The molecule has 0 bridgehead atoms. The van der Waals surface area contributed by atoms with Crippen LogP contribution in [-0.2, 0) is 11.2 Å². The van der Waals surface area contributed by atoms with Crippen molar-refractivity contribution in [1.82, 2.24) is 4.90 Å². The Morgan fingerprint density at radius 3 is 2.84 bits per heavy atom. The minimum Gasteiger partial charge on any atom is -0.338 e. The van der Waals surface area contributed by atoms with Gasteiger partial charge in [-0.05, 0) is 24.0 Å². The lowest BCUT2D eigenvalue weighted by atomic mass is 10.0. The van der Waals surface area contributed by atoms with E-state index in [1.54, 1.807) is 4.90 Å². The topological polar surface area (TPSA) is 20.3 Å². The van der Waals surface area contributed by atoms with Gasteiger partial charge in [-0.1, -0.05) is 28.9 Å². The predicted molar refractivity (Wildman–Crippen MR) is 73.1 cm³/mol. The molecule has 2 atom stereocenters. The van der Waals surface area contributed by atoms with Crippen LogP contribution in [0.4, 0.5) is 8.78 Å². The molecule has 0 aliphatic carbocycles. The molecule has 2 nitrogen and oxygen atoms in total. The molecular weight excluding hydrogens is 316 g/mol. The third-order valence-electron chi connectivity index (χ3n) is 3.72. The third kappa shape index (κ3) is 3.14. The number of carbonyl (C=O) groups excluding carboxylic acids is 1. The number of carbonyl (C=O) groups is 1. The third-order valence-corrected chi connectivity index (χ3v) is 4.38. The minimum atomic E-state index is -0.656. The molecule has 1 aliphatic heterocycles. The predicted octanol–water partition coefficient (Wildman–Crippen LogP) is 3.14. The molecule has 1 aromatic rings. The van der Waals surface area contributed by atoms with Crippen molar-refractivity contribution in [1.29, 1.82) is 0 Å². The number of benzene rings is 1. The maximum absolute atomic E-state index is 13.5. The van der Waals surface area contributed by atoms with Gasteiger partial charge in [0.25, 0.3) is 0 Å². The summed E-state index contributed by atoms with van der Waals surface area (Å²) in [5, 5.41) is 0.728. The van der Waals surface area contributed by atoms with Crippen molar-refractivity contribution in [2.75, 3.05) is 11.9 Å². The number of halogens is 3. The molecule has 0 spiro atoms. The zero-order valence-electron chi connectivity index (χ0n) is 10.7. The van der Waals surface area contributed by atoms with Crippen molar-refractivity contribution in [2.24, 2.45) is 5.92 Å². The maximum Gasteiger partial charge on any atom is 0.227 e. The molecular formula is C14H16BrF2NO. The summed E-state index contributed by atoms with van der Waals surface area (Å²) in [6.07, 6.45) is 0.955. The Bertz CT molecular complexity index is 481. The lowest BCUT2D eigenvalue weighted by molar-refractivity contribution is -0.131. The van der Waals surface area contributed by atoms with E-state index in [1.807, 2.05) is 0 Å². The Labute approximate surface area is 119 Å². The van der Waals surface area contributed by atoms with Crippen LogP contribution in [0.25, 0.3) is 0 Å². The number of amides is 1. The van der Waals surface area contributed by atoms with Gasteiger partial charge in [0.1, 0.15) is 11.6 Å². The van der Waals surface area contributed by atoms with Crippen LogP contribution in [0.3, 0.4) is 0 Å². The first-order valence-electron chi connectivity index (χ1n) is 6.32. The normalized spacial score (nSPS) is 22.8. The molecule has 2 unspecified atom stereocenters. The highest BCUT2D eigenvalue weighted by molar-refractivity contribution is 9.09. The van der Waals surface area contributed by atoms with E-state index in [2.05, 4.69) is 22.9 Å². The van der Waals surface area contributed by atoms with Crippen LogP contribution in [0.5, 0.6) is 0 Å². The lowest BCUT2D eigenvalue weighted by Crippen LogP contribution is -2.39. The van der Waals surface area contributed by atoms with Gasteiger partial charge in [0.2, 0.25) is 5.91 Å². The number of rotatable bonds is 3. The smallest absolute Gasteiger partial charge is 0.227 e. The number of nitrogens with zero attached hydrogens (tertiary/aromatic N) is 1. The maximum atomic E-state index is 13.5. The zero-order chi connectivity index (χ0) is 14.0. The van der Waals surface area contributed by atoms with Crippen molar-refractivity contribution >= 4 is 21.8 Å². The molecule has 5 heteroatoms. The Morgan fingerprint density at radius 1 is 1.47 bits per heavy atom. The molecule has 1 fully saturated rings. The fraction of sp³-hybridized carbons (Fsp3) is 0.500. The summed E-state index contributed by atoms with van der Waals surface area (Å²) < 4.78 is 26.3. The van der Waals surface area contributed by atoms with Gasteiger partial charge in [0, 0.05) is 24.0 Å². The molecule has 0 N–H and O–H groups in total. The second-order valence-electron chi connectivity index (χ2n) is 4.99. The molecule has 0 aromatic heterocycles. The lowest BCUT2D eigenvalue weighted by Gasteiger charge is -2.25. The van der Waals surface area contributed by atoms with Crippen molar-refractivity contribution in [3.05, 3.63) is 35.4 Å². The number of hydrogen-bond donors (Lipinski definition) is 0. The Hall–Kier alpha value is -0.970. The minimum absolute atomic E-state index is 0.0116. The monoisotopic (exact) mass is 331 g/mol. The van der Waals surface area contributed by atoms with E-state index in [-0.39, 0.29) is 23.9 Å². The van der Waals surface area contributed by atoms with E-state index >= 15 is 0 Å². The van der Waals surface area contributed by atoms with E-state index < -0.39 is 11.6 Å². The molecule has 1 saturated heterocycles. The average Bonchev–Trinajstić information content (AvgIpc) is 2.74. The van der Waals surface area contributed by atoms with Gasteiger partial charge in [-0.15, -0.1) is 0 Å². The van der Waals surface area contributed by atoms with Gasteiger partial charge < -0.3 is 4.90 Å². The second-order valence-corrected chi connectivity index (χ2v) is 5.63. The average molecular weight is 332 g/mol. The van der Waals surface area contributed by atoms with E-state index in [4.69, 9.17) is 0 Å². The van der Waals surface area contributed by atoms with Crippen LogP contribution in [0.2, 0.25) is 0 Å². The van der Waals surface area contributed by atoms with Crippen molar-refractivity contribution < 1.29 is 13.6 Å². The van der Waals surface area contributed by atoms with Crippen molar-refractivity contribution in [2.45, 2.75) is 25.8 Å². The van der Waals surface area contributed by atoms with Crippen LogP contribution in [0.1, 0.15) is 18.9 Å². The van der Waals surface area contributed by atoms with Crippen molar-refractivity contribution in [3.8, 4) is 0 Å². The van der Waals surface area contributed by atoms with Gasteiger partial charge in [0.05, 0.1) is 6.42 Å². The molecule has 19 heavy (non-hydrogen) atoms. The van der Waals surface area contributed by atoms with Crippen LogP contribution in [0, 0.1) is 17.6 Å². The van der Waals surface area contributed by atoms with Crippen LogP contribution in [0.15, 0.2) is 18.2 Å². The van der Waals surface area contributed by atoms with E-state index in [9.17, 15) is 13.6 Å². The Morgan fingerprint density at radius 2 is 2.21 bits per heavy atom. The summed E-state index contributed by atoms with van der Waals surface area (Å²) >= 11 is 3.42. The highest BCUT2D eigenvalue weighted by Gasteiger charge is 2.33. The Kier molecular flexibility index (Phi) is 4.55. The first-order chi connectivity index (χ1) is 9.02. The standard InChI is InChI=1S/C14H16BrF2NO/c1-9-4-5-18(13(9)8-15)14(19)6-10-2-3-11(16)7-12(10)17/h2-3,7,9,13H,4-6,8H2,1H3. The molecule has 1 aliphatic rings. The quantitative estimate of drug-likeness (QED) is 0.779. The second kappa shape index (κ2) is 5.99. The van der Waals surface area contributed by atoms with Gasteiger partial charge in [-0.3, -0.25) is 4.79 Å². The van der Waals surface area contributed by atoms with E-state index in [1.165, 1.54) is 12.1 Å². The summed E-state index contributed by atoms with van der Waals surface area (Å²) in [5.74, 6) is -0.932. The molecule has 1 aromatic carbocycles. The van der Waals surface area contributed by atoms with Crippen LogP contribution < -0.4 is 0 Å². The molecule has 0 saturated carbocycles. The van der Waals surface area contributed by atoms with E-state index in [0.717, 1.165) is 17.8 Å². The molecule has 1 heterocycles. The Balaban J connectivity index is 2.09. The van der Waals surface area contributed by atoms with Crippen LogP contribution in [-0.4, -0.2) is 28.7 Å². The number of alkyl halides is 1. The van der Waals surface area contributed by atoms with Gasteiger partial charge in [-0.25, -0.2) is 8.78 Å². The summed E-state index contributed by atoms with van der Waals surface area (Å²) in [5.41, 5.74) is 0.249. The fourth-order valence-electron chi connectivity index (χ4n) is 2.48. The highest BCUT2D eigenvalue weighted by atomic mass is 79.9. The SMILES string of the molecule is CC1CCN(C(=O)Cc2ccc(F)cc2F)C1CBr. The largest absolute Gasteiger partial charge is 0.338 e. The van der Waals surface area contributed by atoms with Crippen LogP contribution >= 0.6 is 15.9 Å². The molecule has 104 valence electrons. The number of hydrogen-bond acceptors (Lipinski definition) is 1. The zero-order valence-corrected chi connectivity index (χ0v) is 12.3. The van der Waals surface area contributed by atoms with Gasteiger partial charge in [0.15, 0.2) is 0 Å². The van der Waals surface area contributed by atoms with Gasteiger partial charge >= 0.3 is 0 Å². The van der Waals surface area contributed by atoms with E-state index in [0.29, 0.717) is 12.5 Å². The summed E-state index contributed by atoms with van der Waals surface area (Å²) in [4.78, 5) is 14.0. The fourth-order valence-corrected chi connectivity index (χ4v) is 3.47. The summed E-state index contributed by atoms with van der Waals surface area (Å²) in [6, 6.07) is 3.50. The first kappa shape index (κ1) is 14.4. The number of likely N-dealkylation sites (tertiary alicyclic amines) is 1. The highest BCUT2D eigenvalue weighted by Crippen LogP contribution is 2.26. The molecule has 1 amide bonds. The summed E-state index contributed by atoms with van der Waals surface area (Å²) in [6.45, 7) is 2.82. The molecule has 2 rings (SSSR count). The first-order valence-corrected chi connectivity index (χ1v) is 7.44.